The molecule has 1 aliphatic heterocycles. The Bertz CT molecular complexity index is 1420. The van der Waals surface area contributed by atoms with Crippen LogP contribution in [0.15, 0.2) is 85.2 Å². The third-order valence-corrected chi connectivity index (χ3v) is 7.23. The Balaban J connectivity index is 0.00000320. The van der Waals surface area contributed by atoms with Crippen LogP contribution in [0.5, 0.6) is 11.5 Å². The number of halogens is 1. The maximum atomic E-state index is 11.1. The van der Waals surface area contributed by atoms with Crippen molar-refractivity contribution in [1.29, 1.82) is 0 Å². The fourth-order valence-corrected chi connectivity index (χ4v) is 5.26. The lowest BCUT2D eigenvalue weighted by atomic mass is 9.87. The molecule has 0 bridgehead atoms. The van der Waals surface area contributed by atoms with Crippen molar-refractivity contribution >= 4 is 16.3 Å². The van der Waals surface area contributed by atoms with Gasteiger partial charge in [-0.2, -0.15) is 0 Å². The molecule has 3 aromatic carbocycles. The van der Waals surface area contributed by atoms with Crippen molar-refractivity contribution in [2.75, 3.05) is 0 Å². The van der Waals surface area contributed by atoms with E-state index in [2.05, 4.69) is 111 Å². The number of unbranched alkanes of at least 4 members (excludes halogenated alkanes) is 1. The Morgan fingerprint density at radius 2 is 1.70 bits per heavy atom. The van der Waals surface area contributed by atoms with Crippen LogP contribution in [0.4, 0.5) is 0 Å². The second-order valence-corrected chi connectivity index (χ2v) is 10.6. The number of rotatable bonds is 7. The first-order valence-electron chi connectivity index (χ1n) is 13.1. The topological polar surface area (TPSA) is 33.3 Å². The van der Waals surface area contributed by atoms with Gasteiger partial charge in [0.1, 0.15) is 17.1 Å². The van der Waals surface area contributed by atoms with E-state index in [-0.39, 0.29) is 12.4 Å². The molecule has 0 radical (unpaired) electrons. The molecule has 5 rings (SSSR count). The molecule has 1 unspecified atom stereocenters. The predicted octanol–water partition coefficient (Wildman–Crippen LogP) is 4.78. The van der Waals surface area contributed by atoms with Gasteiger partial charge in [0.15, 0.2) is 18.9 Å². The van der Waals surface area contributed by atoms with Crippen molar-refractivity contribution in [3.8, 4) is 11.5 Å². The smallest absolute Gasteiger partial charge is 0.174 e. The molecule has 0 amide bonds. The van der Waals surface area contributed by atoms with E-state index in [1.807, 2.05) is 6.07 Å². The lowest BCUT2D eigenvalue weighted by Gasteiger charge is -2.32. The summed E-state index contributed by atoms with van der Waals surface area (Å²) in [7, 11) is 0. The van der Waals surface area contributed by atoms with Gasteiger partial charge in [-0.1, -0.05) is 69.2 Å². The number of hydrogen-bond donors (Lipinski definition) is 1. The highest BCUT2D eigenvalue weighted by atomic mass is 35.5. The number of pyridine rings is 1. The zero-order valence-electron chi connectivity index (χ0n) is 22.2. The number of phenols is 1. The first-order valence-corrected chi connectivity index (χ1v) is 13.1. The van der Waals surface area contributed by atoms with Crippen LogP contribution in [-0.4, -0.2) is 10.7 Å². The third kappa shape index (κ3) is 5.67. The Morgan fingerprint density at radius 1 is 0.973 bits per heavy atom. The van der Waals surface area contributed by atoms with Crippen LogP contribution in [0, 0.1) is 0 Å². The summed E-state index contributed by atoms with van der Waals surface area (Å²) in [4.78, 5) is 0. The summed E-state index contributed by atoms with van der Waals surface area (Å²) in [6, 6.07) is 23.3. The van der Waals surface area contributed by atoms with E-state index in [1.54, 1.807) is 0 Å². The fraction of sp³-hybridized carbons (Fsp3) is 0.303. The van der Waals surface area contributed by atoms with Gasteiger partial charge in [0.2, 0.25) is 0 Å². The van der Waals surface area contributed by atoms with Gasteiger partial charge in [0, 0.05) is 17.7 Å². The number of ether oxygens (including phenoxy) is 1. The molecule has 1 N–H and O–H groups in total. The predicted molar refractivity (Wildman–Crippen MR) is 148 cm³/mol. The van der Waals surface area contributed by atoms with E-state index in [0.29, 0.717) is 11.7 Å². The molecule has 0 aliphatic carbocycles. The maximum absolute atomic E-state index is 11.1. The van der Waals surface area contributed by atoms with E-state index in [4.69, 9.17) is 4.74 Å². The lowest BCUT2D eigenvalue weighted by Crippen LogP contribution is -3.00. The highest BCUT2D eigenvalue weighted by molar-refractivity contribution is 5.88. The molecule has 192 valence electrons. The van der Waals surface area contributed by atoms with Gasteiger partial charge in [-0.25, -0.2) is 4.57 Å². The Morgan fingerprint density at radius 3 is 2.46 bits per heavy atom. The van der Waals surface area contributed by atoms with Crippen molar-refractivity contribution in [3.05, 3.63) is 107 Å². The van der Waals surface area contributed by atoms with Crippen LogP contribution in [0.25, 0.3) is 16.3 Å². The molecule has 2 heterocycles. The Kier molecular flexibility index (Phi) is 7.94. The maximum Gasteiger partial charge on any atom is 0.174 e. The molecule has 0 saturated heterocycles. The summed E-state index contributed by atoms with van der Waals surface area (Å²) in [6.45, 7) is 9.39. The van der Waals surface area contributed by atoms with Crippen LogP contribution in [0.1, 0.15) is 75.1 Å². The summed E-state index contributed by atoms with van der Waals surface area (Å²) in [5.41, 5.74) is 4.84. The summed E-state index contributed by atoms with van der Waals surface area (Å²) in [6.07, 6.45) is 9.83. The molecule has 0 fully saturated rings. The SMILES string of the molecule is CCCCC(C)c1cc(O)c2c(c1)OC(C)(C)C=C2c1cc[n+](Cc2cccc3ccccc23)cc1.[Cl-]. The number of benzene rings is 3. The van der Waals surface area contributed by atoms with Crippen LogP contribution >= 0.6 is 0 Å². The van der Waals surface area contributed by atoms with E-state index < -0.39 is 5.60 Å². The molecule has 0 spiro atoms. The average Bonchev–Trinajstić information content (AvgIpc) is 2.86. The van der Waals surface area contributed by atoms with Crippen molar-refractivity contribution in [2.45, 2.75) is 65.0 Å². The summed E-state index contributed by atoms with van der Waals surface area (Å²) in [5.74, 6) is 1.44. The molecule has 4 aromatic rings. The molecule has 0 saturated carbocycles. The fourth-order valence-electron chi connectivity index (χ4n) is 5.26. The van der Waals surface area contributed by atoms with Gasteiger partial charge in [-0.15, -0.1) is 0 Å². The number of fused-ring (bicyclic) bond motifs is 2. The summed E-state index contributed by atoms with van der Waals surface area (Å²) < 4.78 is 8.55. The number of aromatic hydroxyl groups is 1. The highest BCUT2D eigenvalue weighted by Gasteiger charge is 2.30. The second-order valence-electron chi connectivity index (χ2n) is 10.6. The van der Waals surface area contributed by atoms with Crippen LogP contribution < -0.4 is 21.7 Å². The first kappa shape index (κ1) is 26.8. The second kappa shape index (κ2) is 11.0. The van der Waals surface area contributed by atoms with Gasteiger partial charge in [-0.3, -0.25) is 0 Å². The molecular formula is C33H36ClNO2. The van der Waals surface area contributed by atoms with Gasteiger partial charge in [0.25, 0.3) is 0 Å². The largest absolute Gasteiger partial charge is 1.00 e. The quantitative estimate of drug-likeness (QED) is 0.361. The minimum absolute atomic E-state index is 0. The highest BCUT2D eigenvalue weighted by Crippen LogP contribution is 2.45. The molecule has 37 heavy (non-hydrogen) atoms. The zero-order valence-corrected chi connectivity index (χ0v) is 22.9. The van der Waals surface area contributed by atoms with Crippen LogP contribution in [0.3, 0.4) is 0 Å². The molecular weight excluding hydrogens is 478 g/mol. The summed E-state index contributed by atoms with van der Waals surface area (Å²) in [5, 5.41) is 13.7. The monoisotopic (exact) mass is 513 g/mol. The zero-order chi connectivity index (χ0) is 25.3. The minimum atomic E-state index is -0.463. The average molecular weight is 514 g/mol. The molecule has 4 heteroatoms. The number of aromatic nitrogens is 1. The number of hydrogen-bond acceptors (Lipinski definition) is 2. The Labute approximate surface area is 226 Å². The van der Waals surface area contributed by atoms with E-state index in [9.17, 15) is 5.11 Å². The molecule has 1 atom stereocenters. The van der Waals surface area contributed by atoms with Crippen molar-refractivity contribution in [1.82, 2.24) is 0 Å². The minimum Gasteiger partial charge on any atom is -1.00 e. The van der Waals surface area contributed by atoms with Crippen molar-refractivity contribution in [2.24, 2.45) is 0 Å². The molecule has 3 nitrogen and oxygen atoms in total. The van der Waals surface area contributed by atoms with Gasteiger partial charge in [0.05, 0.1) is 5.56 Å². The Hall–Kier alpha value is -3.30. The van der Waals surface area contributed by atoms with Crippen LogP contribution in [-0.2, 0) is 6.54 Å². The van der Waals surface area contributed by atoms with E-state index >= 15 is 0 Å². The van der Waals surface area contributed by atoms with Gasteiger partial charge < -0.3 is 22.3 Å². The van der Waals surface area contributed by atoms with E-state index in [0.717, 1.165) is 41.0 Å². The summed E-state index contributed by atoms with van der Waals surface area (Å²) >= 11 is 0. The van der Waals surface area contributed by atoms with Gasteiger partial charge in [-0.05, 0) is 71.9 Å². The van der Waals surface area contributed by atoms with E-state index in [1.165, 1.54) is 29.2 Å². The standard InChI is InChI=1S/C33H35NO2.ClH/c1-5-6-10-23(2)27-19-30(35)32-29(21-33(3,4)36-31(32)20-27)25-15-17-34(18-16-25)22-26-13-9-12-24-11-7-8-14-28(24)26;/h7-9,11-21,23H,5-6,10,22H2,1-4H3;1H. The van der Waals surface area contributed by atoms with Gasteiger partial charge >= 0.3 is 0 Å². The molecule has 1 aromatic heterocycles. The lowest BCUT2D eigenvalue weighted by molar-refractivity contribution is -0.688. The molecule has 1 aliphatic rings. The normalized spacial score (nSPS) is 14.8. The third-order valence-electron chi connectivity index (χ3n) is 7.23. The van der Waals surface area contributed by atoms with Crippen molar-refractivity contribution < 1.29 is 26.8 Å². The number of nitrogens with zero attached hydrogens (tertiary/aromatic N) is 1. The first-order chi connectivity index (χ1) is 17.3. The van der Waals surface area contributed by atoms with Crippen LogP contribution in [0.2, 0.25) is 0 Å². The van der Waals surface area contributed by atoms with Crippen molar-refractivity contribution in [3.63, 3.8) is 0 Å². The number of phenolic OH excluding ortho intramolecular Hbond substituents is 1.